The van der Waals surface area contributed by atoms with E-state index < -0.39 is 42.0 Å². The summed E-state index contributed by atoms with van der Waals surface area (Å²) in [6.07, 6.45) is 1.51. The minimum Gasteiger partial charge on any atom is -0.508 e. The summed E-state index contributed by atoms with van der Waals surface area (Å²) in [5.74, 6) is -2.57. The molecule has 40 heavy (non-hydrogen) atoms. The molecule has 0 bridgehead atoms. The number of nitrogens with one attached hydrogen (secondary N) is 2. The second kappa shape index (κ2) is 13.8. The number of phenols is 2. The molecule has 1 aliphatic heterocycles. The van der Waals surface area contributed by atoms with Crippen LogP contribution in [-0.2, 0) is 32.0 Å². The fourth-order valence-corrected chi connectivity index (χ4v) is 4.80. The van der Waals surface area contributed by atoms with Crippen molar-refractivity contribution < 1.29 is 34.5 Å². The Kier molecular flexibility index (Phi) is 10.5. The van der Waals surface area contributed by atoms with Gasteiger partial charge in [0.2, 0.25) is 17.7 Å². The Bertz CT molecular complexity index is 1180. The van der Waals surface area contributed by atoms with Crippen LogP contribution in [0, 0.1) is 5.92 Å². The maximum Gasteiger partial charge on any atom is 0.326 e. The van der Waals surface area contributed by atoms with Crippen molar-refractivity contribution in [2.24, 2.45) is 11.7 Å². The standard InChI is InChI=1S/C29H38N4O7/c1-17(2)14-23(26(36)32-24(29(39)40)16-19-7-11-21(35)12-8-19)31-27(37)25-4-3-13-33(25)28(38)22(30)15-18-5-9-20(34)10-6-18/h5-12,17,22-25,34-35H,3-4,13-16,30H2,1-2H3,(H,31,37)(H,32,36)(H,39,40). The zero-order valence-electron chi connectivity index (χ0n) is 22.7. The van der Waals surface area contributed by atoms with Crippen LogP contribution >= 0.6 is 0 Å². The number of carbonyl (C=O) groups excluding carboxylic acids is 3. The van der Waals surface area contributed by atoms with E-state index >= 15 is 0 Å². The first kappa shape index (κ1) is 30.4. The van der Waals surface area contributed by atoms with Gasteiger partial charge >= 0.3 is 5.97 Å². The molecule has 7 N–H and O–H groups in total. The lowest BCUT2D eigenvalue weighted by Crippen LogP contribution is -2.57. The van der Waals surface area contributed by atoms with Crippen molar-refractivity contribution in [2.75, 3.05) is 6.54 Å². The number of hydrogen-bond acceptors (Lipinski definition) is 7. The summed E-state index contributed by atoms with van der Waals surface area (Å²) < 4.78 is 0. The Hall–Kier alpha value is -4.12. The van der Waals surface area contributed by atoms with Crippen molar-refractivity contribution in [1.82, 2.24) is 15.5 Å². The lowest BCUT2D eigenvalue weighted by molar-refractivity contribution is -0.143. The number of nitrogens with zero attached hydrogens (tertiary/aromatic N) is 1. The van der Waals surface area contributed by atoms with Gasteiger partial charge in [0.1, 0.15) is 29.6 Å². The van der Waals surface area contributed by atoms with Gasteiger partial charge in [-0.25, -0.2) is 4.79 Å². The number of aromatic hydroxyl groups is 2. The Morgan fingerprint density at radius 2 is 1.45 bits per heavy atom. The van der Waals surface area contributed by atoms with Gasteiger partial charge in [-0.1, -0.05) is 38.1 Å². The first-order valence-electron chi connectivity index (χ1n) is 13.4. The molecule has 2 aromatic carbocycles. The average Bonchev–Trinajstić information content (AvgIpc) is 3.39. The minimum absolute atomic E-state index is 0.00643. The topological polar surface area (TPSA) is 182 Å². The number of likely N-dealkylation sites (tertiary alicyclic amines) is 1. The van der Waals surface area contributed by atoms with E-state index in [1.54, 1.807) is 24.3 Å². The molecule has 0 radical (unpaired) electrons. The van der Waals surface area contributed by atoms with Crippen molar-refractivity contribution in [3.05, 3.63) is 59.7 Å². The van der Waals surface area contributed by atoms with Crippen molar-refractivity contribution in [3.8, 4) is 11.5 Å². The highest BCUT2D eigenvalue weighted by atomic mass is 16.4. The Morgan fingerprint density at radius 1 is 0.900 bits per heavy atom. The third-order valence-electron chi connectivity index (χ3n) is 6.88. The van der Waals surface area contributed by atoms with E-state index in [1.807, 2.05) is 13.8 Å². The summed E-state index contributed by atoms with van der Waals surface area (Å²) in [7, 11) is 0. The van der Waals surface area contributed by atoms with Crippen molar-refractivity contribution >= 4 is 23.7 Å². The van der Waals surface area contributed by atoms with Gasteiger partial charge in [0, 0.05) is 13.0 Å². The lowest BCUT2D eigenvalue weighted by Gasteiger charge is -2.29. The molecule has 11 nitrogen and oxygen atoms in total. The number of benzene rings is 2. The van der Waals surface area contributed by atoms with E-state index in [2.05, 4.69) is 10.6 Å². The maximum absolute atomic E-state index is 13.3. The van der Waals surface area contributed by atoms with Gasteiger partial charge in [-0.15, -0.1) is 0 Å². The molecule has 3 rings (SSSR count). The number of rotatable bonds is 12. The lowest BCUT2D eigenvalue weighted by atomic mass is 10.0. The van der Waals surface area contributed by atoms with Gasteiger partial charge in [0.15, 0.2) is 0 Å². The molecule has 0 aromatic heterocycles. The largest absolute Gasteiger partial charge is 0.508 e. The third kappa shape index (κ3) is 8.44. The summed E-state index contributed by atoms with van der Waals surface area (Å²) in [6, 6.07) is 8.46. The Labute approximate surface area is 233 Å². The number of phenolic OH excluding ortho intramolecular Hbond substituents is 2. The van der Waals surface area contributed by atoms with Gasteiger partial charge in [-0.2, -0.15) is 0 Å². The van der Waals surface area contributed by atoms with Crippen LogP contribution in [0.1, 0.15) is 44.2 Å². The molecule has 4 atom stereocenters. The maximum atomic E-state index is 13.3. The van der Waals surface area contributed by atoms with Gasteiger partial charge in [-0.3, -0.25) is 14.4 Å². The highest BCUT2D eigenvalue weighted by Crippen LogP contribution is 2.21. The monoisotopic (exact) mass is 554 g/mol. The fraction of sp³-hybridized carbons (Fsp3) is 0.448. The number of amides is 3. The normalized spacial score (nSPS) is 17.2. The van der Waals surface area contributed by atoms with Crippen LogP contribution in [0.2, 0.25) is 0 Å². The molecule has 1 aliphatic rings. The zero-order valence-corrected chi connectivity index (χ0v) is 22.7. The van der Waals surface area contributed by atoms with Crippen molar-refractivity contribution in [3.63, 3.8) is 0 Å². The second-order valence-corrected chi connectivity index (χ2v) is 10.6. The molecule has 3 amide bonds. The quantitative estimate of drug-likeness (QED) is 0.227. The minimum atomic E-state index is -1.24. The van der Waals surface area contributed by atoms with Crippen LogP contribution in [0.4, 0.5) is 0 Å². The molecular formula is C29H38N4O7. The first-order valence-corrected chi connectivity index (χ1v) is 13.4. The number of hydrogen-bond donors (Lipinski definition) is 6. The van der Waals surface area contributed by atoms with Gasteiger partial charge < -0.3 is 36.6 Å². The molecule has 1 heterocycles. The van der Waals surface area contributed by atoms with Crippen molar-refractivity contribution in [2.45, 2.75) is 70.1 Å². The third-order valence-corrected chi connectivity index (χ3v) is 6.88. The summed E-state index contributed by atoms with van der Waals surface area (Å²) in [5.41, 5.74) is 7.56. The van der Waals surface area contributed by atoms with Crippen molar-refractivity contribution in [1.29, 1.82) is 0 Å². The number of carbonyl (C=O) groups is 4. The number of aliphatic carboxylic acids is 1. The van der Waals surface area contributed by atoms with Crippen LogP contribution in [0.15, 0.2) is 48.5 Å². The smallest absolute Gasteiger partial charge is 0.326 e. The second-order valence-electron chi connectivity index (χ2n) is 10.6. The predicted molar refractivity (Wildman–Crippen MR) is 147 cm³/mol. The van der Waals surface area contributed by atoms with E-state index in [0.29, 0.717) is 24.9 Å². The molecule has 0 spiro atoms. The number of carboxylic acid groups (broad SMARTS) is 1. The van der Waals surface area contributed by atoms with Crippen LogP contribution in [-0.4, -0.2) is 74.6 Å². The van der Waals surface area contributed by atoms with E-state index in [9.17, 15) is 34.5 Å². The molecule has 0 aliphatic carbocycles. The Balaban J connectivity index is 1.66. The first-order chi connectivity index (χ1) is 18.9. The van der Waals surface area contributed by atoms with Gasteiger partial charge in [0.25, 0.3) is 0 Å². The van der Waals surface area contributed by atoms with Gasteiger partial charge in [-0.05, 0) is 67.0 Å². The highest BCUT2D eigenvalue weighted by molar-refractivity contribution is 5.94. The zero-order chi connectivity index (χ0) is 29.4. The van der Waals surface area contributed by atoms with E-state index in [-0.39, 0.29) is 42.6 Å². The Morgan fingerprint density at radius 3 is 1.98 bits per heavy atom. The highest BCUT2D eigenvalue weighted by Gasteiger charge is 2.38. The summed E-state index contributed by atoms with van der Waals surface area (Å²) in [5, 5.41) is 33.9. The van der Waals surface area contributed by atoms with E-state index in [1.165, 1.54) is 29.2 Å². The molecule has 11 heteroatoms. The molecule has 2 aromatic rings. The summed E-state index contributed by atoms with van der Waals surface area (Å²) >= 11 is 0. The number of carboxylic acids is 1. The number of nitrogens with two attached hydrogens (primary N) is 1. The molecular weight excluding hydrogens is 516 g/mol. The predicted octanol–water partition coefficient (Wildman–Crippen LogP) is 1.30. The van der Waals surface area contributed by atoms with Crippen LogP contribution in [0.25, 0.3) is 0 Å². The molecule has 1 fully saturated rings. The average molecular weight is 555 g/mol. The fourth-order valence-electron chi connectivity index (χ4n) is 4.80. The van der Waals surface area contributed by atoms with Crippen LogP contribution in [0.5, 0.6) is 11.5 Å². The molecule has 1 saturated heterocycles. The molecule has 0 saturated carbocycles. The van der Waals surface area contributed by atoms with Crippen LogP contribution in [0.3, 0.4) is 0 Å². The molecule has 4 unspecified atom stereocenters. The van der Waals surface area contributed by atoms with E-state index in [4.69, 9.17) is 5.73 Å². The summed E-state index contributed by atoms with van der Waals surface area (Å²) in [6.45, 7) is 4.12. The SMILES string of the molecule is CC(C)CC(NC(=O)C1CCCN1C(=O)C(N)Cc1ccc(O)cc1)C(=O)NC(Cc1ccc(O)cc1)C(=O)O. The van der Waals surface area contributed by atoms with Crippen LogP contribution < -0.4 is 16.4 Å². The summed E-state index contributed by atoms with van der Waals surface area (Å²) in [4.78, 5) is 53.0. The van der Waals surface area contributed by atoms with E-state index in [0.717, 1.165) is 5.56 Å². The van der Waals surface area contributed by atoms with Gasteiger partial charge in [0.05, 0.1) is 6.04 Å². The molecule has 216 valence electrons.